The van der Waals surface area contributed by atoms with E-state index in [-0.39, 0.29) is 24.9 Å². The van der Waals surface area contributed by atoms with E-state index in [1.165, 1.54) is 4.90 Å². The number of anilines is 2. The van der Waals surface area contributed by atoms with E-state index < -0.39 is 0 Å². The second-order valence-electron chi connectivity index (χ2n) is 4.71. The Morgan fingerprint density at radius 1 is 1.29 bits per heavy atom. The summed E-state index contributed by atoms with van der Waals surface area (Å²) in [6.45, 7) is 0.508. The summed E-state index contributed by atoms with van der Waals surface area (Å²) in [5.41, 5.74) is 1.58. The minimum absolute atomic E-state index is 0.00175. The average Bonchev–Trinajstić information content (AvgIpc) is 3.01. The highest BCUT2D eigenvalue weighted by atomic mass is 16.3. The van der Waals surface area contributed by atoms with Gasteiger partial charge in [0.15, 0.2) is 0 Å². The molecule has 2 N–H and O–H groups in total. The molecule has 6 nitrogen and oxygen atoms in total. The number of fused-ring (bicyclic) bond motifs is 1. The predicted octanol–water partition coefficient (Wildman–Crippen LogP) is 1.35. The van der Waals surface area contributed by atoms with Gasteiger partial charge in [0, 0.05) is 0 Å². The molecule has 1 aromatic heterocycles. The van der Waals surface area contributed by atoms with Crippen LogP contribution in [0.15, 0.2) is 47.1 Å². The van der Waals surface area contributed by atoms with Crippen molar-refractivity contribution in [2.24, 2.45) is 0 Å². The molecule has 2 heterocycles. The van der Waals surface area contributed by atoms with E-state index in [2.05, 4.69) is 10.6 Å². The van der Waals surface area contributed by atoms with Crippen molar-refractivity contribution in [3.63, 3.8) is 0 Å². The number of amides is 2. The lowest BCUT2D eigenvalue weighted by molar-refractivity contribution is -0.123. The Labute approximate surface area is 121 Å². The molecular weight excluding hydrogens is 270 g/mol. The highest BCUT2D eigenvalue weighted by Gasteiger charge is 2.25. The van der Waals surface area contributed by atoms with Gasteiger partial charge in [-0.3, -0.25) is 14.5 Å². The molecule has 0 atom stereocenters. The standard InChI is InChI=1S/C15H15N3O3/c19-14(17-8-11-4-3-7-21-11)10-18-13-6-2-1-5-12(13)16-9-15(18)20/h1-7,16H,8-10H2,(H,17,19). The SMILES string of the molecule is O=C(CN1C(=O)CNc2ccccc21)NCc1ccco1. The van der Waals surface area contributed by atoms with Gasteiger partial charge in [0.05, 0.1) is 30.7 Å². The minimum Gasteiger partial charge on any atom is -0.467 e. The van der Waals surface area contributed by atoms with E-state index in [1.807, 2.05) is 24.3 Å². The molecule has 0 fully saturated rings. The van der Waals surface area contributed by atoms with E-state index in [9.17, 15) is 9.59 Å². The molecule has 2 amide bonds. The van der Waals surface area contributed by atoms with Crippen LogP contribution in [-0.4, -0.2) is 24.9 Å². The average molecular weight is 285 g/mol. The Morgan fingerprint density at radius 2 is 2.14 bits per heavy atom. The number of benzene rings is 1. The van der Waals surface area contributed by atoms with Crippen LogP contribution in [-0.2, 0) is 16.1 Å². The fourth-order valence-corrected chi connectivity index (χ4v) is 2.23. The van der Waals surface area contributed by atoms with Crippen LogP contribution in [0.1, 0.15) is 5.76 Å². The molecule has 0 unspecified atom stereocenters. The largest absolute Gasteiger partial charge is 0.467 e. The summed E-state index contributed by atoms with van der Waals surface area (Å²) in [5.74, 6) is 0.327. The molecule has 3 rings (SSSR count). The zero-order chi connectivity index (χ0) is 14.7. The maximum Gasteiger partial charge on any atom is 0.246 e. The first kappa shape index (κ1) is 13.2. The molecule has 21 heavy (non-hydrogen) atoms. The van der Waals surface area contributed by atoms with Crippen LogP contribution in [0.3, 0.4) is 0 Å². The van der Waals surface area contributed by atoms with Gasteiger partial charge in [-0.15, -0.1) is 0 Å². The second-order valence-corrected chi connectivity index (χ2v) is 4.71. The maximum absolute atomic E-state index is 12.0. The molecule has 1 aliphatic rings. The predicted molar refractivity (Wildman–Crippen MR) is 77.8 cm³/mol. The highest BCUT2D eigenvalue weighted by Crippen LogP contribution is 2.28. The summed E-state index contributed by atoms with van der Waals surface area (Å²) < 4.78 is 5.15. The third kappa shape index (κ3) is 2.89. The summed E-state index contributed by atoms with van der Waals surface area (Å²) in [4.78, 5) is 25.5. The van der Waals surface area contributed by atoms with Crippen LogP contribution in [0.2, 0.25) is 0 Å². The quantitative estimate of drug-likeness (QED) is 0.889. The topological polar surface area (TPSA) is 74.6 Å². The fourth-order valence-electron chi connectivity index (χ4n) is 2.23. The first-order valence-corrected chi connectivity index (χ1v) is 6.66. The Hall–Kier alpha value is -2.76. The molecule has 108 valence electrons. The van der Waals surface area contributed by atoms with Gasteiger partial charge in [-0.2, -0.15) is 0 Å². The van der Waals surface area contributed by atoms with Gasteiger partial charge in [0.25, 0.3) is 0 Å². The molecule has 1 aliphatic heterocycles. The van der Waals surface area contributed by atoms with Gasteiger partial charge in [-0.1, -0.05) is 12.1 Å². The zero-order valence-electron chi connectivity index (χ0n) is 11.3. The molecule has 0 saturated heterocycles. The molecule has 6 heteroatoms. The number of carbonyl (C=O) groups excluding carboxylic acids is 2. The van der Waals surface area contributed by atoms with E-state index >= 15 is 0 Å². The summed E-state index contributed by atoms with van der Waals surface area (Å²) in [7, 11) is 0. The Morgan fingerprint density at radius 3 is 2.95 bits per heavy atom. The Balaban J connectivity index is 1.66. The third-order valence-electron chi connectivity index (χ3n) is 3.27. The Bertz CT molecular complexity index is 652. The summed E-state index contributed by atoms with van der Waals surface area (Å²) in [6, 6.07) is 11.0. The van der Waals surface area contributed by atoms with Gasteiger partial charge in [0.2, 0.25) is 11.8 Å². The van der Waals surface area contributed by atoms with Crippen LogP contribution in [0.4, 0.5) is 11.4 Å². The van der Waals surface area contributed by atoms with Crippen molar-refractivity contribution >= 4 is 23.2 Å². The third-order valence-corrected chi connectivity index (χ3v) is 3.27. The van der Waals surface area contributed by atoms with Gasteiger partial charge < -0.3 is 15.1 Å². The molecule has 0 radical (unpaired) electrons. The van der Waals surface area contributed by atoms with Gasteiger partial charge in [-0.05, 0) is 24.3 Å². The molecular formula is C15H15N3O3. The van der Waals surface area contributed by atoms with E-state index in [4.69, 9.17) is 4.42 Å². The molecule has 0 bridgehead atoms. The van der Waals surface area contributed by atoms with Crippen molar-refractivity contribution in [3.8, 4) is 0 Å². The van der Waals surface area contributed by atoms with E-state index in [0.29, 0.717) is 12.3 Å². The van der Waals surface area contributed by atoms with E-state index in [0.717, 1.165) is 11.4 Å². The second kappa shape index (κ2) is 5.70. The van der Waals surface area contributed by atoms with E-state index in [1.54, 1.807) is 18.4 Å². The molecule has 0 spiro atoms. The lowest BCUT2D eigenvalue weighted by Crippen LogP contribution is -2.45. The molecule has 0 aliphatic carbocycles. The monoisotopic (exact) mass is 285 g/mol. The van der Waals surface area contributed by atoms with Crippen LogP contribution >= 0.6 is 0 Å². The Kier molecular flexibility index (Phi) is 3.59. The van der Waals surface area contributed by atoms with Crippen molar-refractivity contribution in [1.82, 2.24) is 5.32 Å². The summed E-state index contributed by atoms with van der Waals surface area (Å²) in [5, 5.41) is 5.77. The number of hydrogen-bond donors (Lipinski definition) is 2. The highest BCUT2D eigenvalue weighted by molar-refractivity contribution is 6.05. The van der Waals surface area contributed by atoms with Crippen molar-refractivity contribution in [1.29, 1.82) is 0 Å². The summed E-state index contributed by atoms with van der Waals surface area (Å²) in [6.07, 6.45) is 1.55. The molecule has 1 aromatic carbocycles. The van der Waals surface area contributed by atoms with Crippen molar-refractivity contribution < 1.29 is 14.0 Å². The lowest BCUT2D eigenvalue weighted by atomic mass is 10.2. The number of para-hydroxylation sites is 2. The zero-order valence-corrected chi connectivity index (χ0v) is 11.3. The lowest BCUT2D eigenvalue weighted by Gasteiger charge is -2.29. The number of rotatable bonds is 4. The first-order valence-electron chi connectivity index (χ1n) is 6.66. The normalized spacial score (nSPS) is 13.5. The van der Waals surface area contributed by atoms with Gasteiger partial charge in [0.1, 0.15) is 12.3 Å². The van der Waals surface area contributed by atoms with Crippen molar-refractivity contribution in [2.45, 2.75) is 6.54 Å². The van der Waals surface area contributed by atoms with Crippen LogP contribution in [0.5, 0.6) is 0 Å². The van der Waals surface area contributed by atoms with Crippen LogP contribution in [0, 0.1) is 0 Å². The van der Waals surface area contributed by atoms with Crippen molar-refractivity contribution in [3.05, 3.63) is 48.4 Å². The maximum atomic E-state index is 12.0. The smallest absolute Gasteiger partial charge is 0.246 e. The first-order chi connectivity index (χ1) is 10.2. The number of nitrogens with zero attached hydrogens (tertiary/aromatic N) is 1. The van der Waals surface area contributed by atoms with Crippen molar-refractivity contribution in [2.75, 3.05) is 23.3 Å². The van der Waals surface area contributed by atoms with Crippen LogP contribution in [0.25, 0.3) is 0 Å². The summed E-state index contributed by atoms with van der Waals surface area (Å²) >= 11 is 0. The molecule has 0 saturated carbocycles. The van der Waals surface area contributed by atoms with Crippen LogP contribution < -0.4 is 15.5 Å². The number of nitrogens with one attached hydrogen (secondary N) is 2. The number of carbonyl (C=O) groups is 2. The van der Waals surface area contributed by atoms with Gasteiger partial charge >= 0.3 is 0 Å². The number of hydrogen-bond acceptors (Lipinski definition) is 4. The minimum atomic E-state index is -0.226. The fraction of sp³-hybridized carbons (Fsp3) is 0.200. The molecule has 2 aromatic rings. The number of furan rings is 1. The van der Waals surface area contributed by atoms with Gasteiger partial charge in [-0.25, -0.2) is 0 Å².